The van der Waals surface area contributed by atoms with Crippen LogP contribution < -0.4 is 4.74 Å². The van der Waals surface area contributed by atoms with Gasteiger partial charge in [0, 0.05) is 0 Å². The van der Waals surface area contributed by atoms with Crippen LogP contribution >= 0.6 is 22.6 Å². The molecule has 0 saturated heterocycles. The summed E-state index contributed by atoms with van der Waals surface area (Å²) in [4.78, 5) is 21.8. The van der Waals surface area contributed by atoms with Crippen molar-refractivity contribution in [3.05, 3.63) is 31.4 Å². The standard InChI is InChI=1S/C10H10INO4/c1-3-16-8-5-4-7(11)10(12(14)15)9(8)6(2)13/h4-5H,3H2,1-2H3. The van der Waals surface area contributed by atoms with Gasteiger partial charge in [0.1, 0.15) is 11.3 Å². The molecule has 0 saturated carbocycles. The van der Waals surface area contributed by atoms with Gasteiger partial charge in [-0.15, -0.1) is 0 Å². The van der Waals surface area contributed by atoms with Crippen LogP contribution in [-0.4, -0.2) is 17.3 Å². The molecule has 0 radical (unpaired) electrons. The quantitative estimate of drug-likeness (QED) is 0.367. The Morgan fingerprint density at radius 2 is 2.19 bits per heavy atom. The number of nitrogens with zero attached hydrogens (tertiary/aromatic N) is 1. The van der Waals surface area contributed by atoms with E-state index in [1.165, 1.54) is 6.92 Å². The fourth-order valence-corrected chi connectivity index (χ4v) is 1.99. The van der Waals surface area contributed by atoms with E-state index in [9.17, 15) is 14.9 Å². The molecule has 5 nitrogen and oxygen atoms in total. The summed E-state index contributed by atoms with van der Waals surface area (Å²) in [6, 6.07) is 3.14. The van der Waals surface area contributed by atoms with Crippen molar-refractivity contribution in [3.8, 4) is 5.75 Å². The zero-order valence-electron chi connectivity index (χ0n) is 8.82. The van der Waals surface area contributed by atoms with E-state index < -0.39 is 4.92 Å². The maximum absolute atomic E-state index is 11.4. The van der Waals surface area contributed by atoms with Crippen molar-refractivity contribution in [2.24, 2.45) is 0 Å². The number of benzene rings is 1. The number of halogens is 1. The molecule has 0 unspecified atom stereocenters. The summed E-state index contributed by atoms with van der Waals surface area (Å²) in [5.74, 6) is -0.101. The van der Waals surface area contributed by atoms with E-state index in [4.69, 9.17) is 4.74 Å². The highest BCUT2D eigenvalue weighted by Crippen LogP contribution is 2.33. The molecule has 0 amide bonds. The third-order valence-corrected chi connectivity index (χ3v) is 2.80. The third-order valence-electron chi connectivity index (χ3n) is 1.92. The van der Waals surface area contributed by atoms with E-state index >= 15 is 0 Å². The molecule has 0 heterocycles. The van der Waals surface area contributed by atoms with Crippen LogP contribution in [-0.2, 0) is 0 Å². The molecule has 86 valence electrons. The Morgan fingerprint density at radius 3 is 2.62 bits per heavy atom. The minimum absolute atomic E-state index is 0.0405. The molecule has 1 aromatic carbocycles. The van der Waals surface area contributed by atoms with Crippen LogP contribution in [0, 0.1) is 13.7 Å². The number of carbonyl (C=O) groups excluding carboxylic acids is 1. The first kappa shape index (κ1) is 12.9. The molecule has 0 atom stereocenters. The van der Waals surface area contributed by atoms with Gasteiger partial charge in [0.2, 0.25) is 0 Å². The van der Waals surface area contributed by atoms with Crippen molar-refractivity contribution < 1.29 is 14.5 Å². The first-order valence-corrected chi connectivity index (χ1v) is 5.67. The summed E-state index contributed by atoms with van der Waals surface area (Å²) < 4.78 is 5.64. The molecule has 0 N–H and O–H groups in total. The van der Waals surface area contributed by atoms with Crippen LogP contribution in [0.2, 0.25) is 0 Å². The summed E-state index contributed by atoms with van der Waals surface area (Å²) in [7, 11) is 0. The number of Topliss-reactive ketones (excluding diaryl/α,β-unsaturated/α-hetero) is 1. The average molecular weight is 335 g/mol. The fraction of sp³-hybridized carbons (Fsp3) is 0.300. The van der Waals surface area contributed by atoms with Crippen LogP contribution in [0.1, 0.15) is 24.2 Å². The van der Waals surface area contributed by atoms with Gasteiger partial charge < -0.3 is 4.74 Å². The summed E-state index contributed by atoms with van der Waals surface area (Å²) in [6.45, 7) is 3.41. The molecule has 16 heavy (non-hydrogen) atoms. The molecule has 1 aromatic rings. The molecule has 0 bridgehead atoms. The Bertz CT molecular complexity index is 445. The number of hydrogen-bond donors (Lipinski definition) is 0. The Hall–Kier alpha value is -1.18. The van der Waals surface area contributed by atoms with Crippen LogP contribution in [0.3, 0.4) is 0 Å². The third kappa shape index (κ3) is 2.49. The molecule has 1 rings (SSSR count). The molecular formula is C10H10INO4. The summed E-state index contributed by atoms with van der Waals surface area (Å²) in [6.07, 6.45) is 0. The van der Waals surface area contributed by atoms with E-state index in [0.29, 0.717) is 10.2 Å². The predicted octanol–water partition coefficient (Wildman–Crippen LogP) is 2.80. The van der Waals surface area contributed by atoms with Crippen molar-refractivity contribution in [3.63, 3.8) is 0 Å². The molecule has 0 aromatic heterocycles. The number of carbonyl (C=O) groups is 1. The van der Waals surface area contributed by atoms with E-state index in [1.807, 2.05) is 22.6 Å². The fourth-order valence-electron chi connectivity index (χ4n) is 1.34. The monoisotopic (exact) mass is 335 g/mol. The smallest absolute Gasteiger partial charge is 0.297 e. The zero-order valence-corrected chi connectivity index (χ0v) is 11.0. The molecule has 0 aliphatic rings. The van der Waals surface area contributed by atoms with Gasteiger partial charge in [-0.3, -0.25) is 14.9 Å². The van der Waals surface area contributed by atoms with Gasteiger partial charge in [0.15, 0.2) is 5.78 Å². The Balaban J connectivity index is 3.49. The van der Waals surface area contributed by atoms with Gasteiger partial charge in [-0.25, -0.2) is 0 Å². The second kappa shape index (κ2) is 5.24. The van der Waals surface area contributed by atoms with Crippen LogP contribution in [0.15, 0.2) is 12.1 Å². The second-order valence-electron chi connectivity index (χ2n) is 3.02. The lowest BCUT2D eigenvalue weighted by atomic mass is 10.1. The van der Waals surface area contributed by atoms with Gasteiger partial charge in [0.25, 0.3) is 5.69 Å². The second-order valence-corrected chi connectivity index (χ2v) is 4.18. The van der Waals surface area contributed by atoms with Crippen molar-refractivity contribution in [2.45, 2.75) is 13.8 Å². The van der Waals surface area contributed by atoms with E-state index in [1.54, 1.807) is 19.1 Å². The number of nitro benzene ring substituents is 1. The van der Waals surface area contributed by atoms with Crippen molar-refractivity contribution >= 4 is 34.1 Å². The maximum Gasteiger partial charge on any atom is 0.297 e. The maximum atomic E-state index is 11.4. The first-order valence-electron chi connectivity index (χ1n) is 4.59. The van der Waals surface area contributed by atoms with Gasteiger partial charge >= 0.3 is 0 Å². The van der Waals surface area contributed by atoms with E-state index in [-0.39, 0.29) is 22.8 Å². The minimum Gasteiger partial charge on any atom is -0.493 e. The molecule has 0 aliphatic carbocycles. The predicted molar refractivity (Wildman–Crippen MR) is 67.0 cm³/mol. The SMILES string of the molecule is CCOc1ccc(I)c([N+](=O)[O-])c1C(C)=O. The van der Waals surface area contributed by atoms with Crippen molar-refractivity contribution in [1.82, 2.24) is 0 Å². The lowest BCUT2D eigenvalue weighted by Gasteiger charge is -2.09. The highest BCUT2D eigenvalue weighted by molar-refractivity contribution is 14.1. The minimum atomic E-state index is -0.555. The number of hydrogen-bond acceptors (Lipinski definition) is 4. The lowest BCUT2D eigenvalue weighted by molar-refractivity contribution is -0.386. The summed E-state index contributed by atoms with van der Waals surface area (Å²) >= 11 is 1.83. The average Bonchev–Trinajstić information content (AvgIpc) is 2.19. The highest BCUT2D eigenvalue weighted by atomic mass is 127. The van der Waals surface area contributed by atoms with Crippen molar-refractivity contribution in [2.75, 3.05) is 6.61 Å². The number of nitro groups is 1. The topological polar surface area (TPSA) is 69.4 Å². The van der Waals surface area contributed by atoms with Gasteiger partial charge in [0.05, 0.1) is 15.1 Å². The largest absolute Gasteiger partial charge is 0.493 e. The lowest BCUT2D eigenvalue weighted by Crippen LogP contribution is -2.06. The molecule has 0 aliphatic heterocycles. The van der Waals surface area contributed by atoms with E-state index in [0.717, 1.165) is 0 Å². The molecule has 0 spiro atoms. The number of rotatable bonds is 4. The van der Waals surface area contributed by atoms with Crippen LogP contribution in [0.5, 0.6) is 5.75 Å². The zero-order chi connectivity index (χ0) is 12.3. The Labute approximate surface area is 106 Å². The molecule has 6 heteroatoms. The van der Waals surface area contributed by atoms with E-state index in [2.05, 4.69) is 0 Å². The molecule has 0 fully saturated rings. The van der Waals surface area contributed by atoms with Crippen molar-refractivity contribution in [1.29, 1.82) is 0 Å². The van der Waals surface area contributed by atoms with Crippen LogP contribution in [0.25, 0.3) is 0 Å². The first-order chi connectivity index (χ1) is 7.49. The number of ether oxygens (including phenoxy) is 1. The number of ketones is 1. The summed E-state index contributed by atoms with van der Waals surface area (Å²) in [5.41, 5.74) is -0.141. The van der Waals surface area contributed by atoms with Gasteiger partial charge in [-0.1, -0.05) is 0 Å². The summed E-state index contributed by atoms with van der Waals surface area (Å²) in [5, 5.41) is 10.9. The highest BCUT2D eigenvalue weighted by Gasteiger charge is 2.25. The van der Waals surface area contributed by atoms with Gasteiger partial charge in [-0.05, 0) is 48.6 Å². The van der Waals surface area contributed by atoms with Gasteiger partial charge in [-0.2, -0.15) is 0 Å². The Morgan fingerprint density at radius 1 is 1.56 bits per heavy atom. The Kier molecular flexibility index (Phi) is 4.22. The molecular weight excluding hydrogens is 325 g/mol. The van der Waals surface area contributed by atoms with Crippen LogP contribution in [0.4, 0.5) is 5.69 Å². The normalized spacial score (nSPS) is 9.94.